The Morgan fingerprint density at radius 1 is 1.29 bits per heavy atom. The first-order valence-corrected chi connectivity index (χ1v) is 7.69. The van der Waals surface area contributed by atoms with Crippen molar-refractivity contribution in [1.29, 1.82) is 0 Å². The van der Waals surface area contributed by atoms with Crippen LogP contribution in [0.4, 0.5) is 5.82 Å². The van der Waals surface area contributed by atoms with Crippen molar-refractivity contribution in [2.24, 2.45) is 5.92 Å². The van der Waals surface area contributed by atoms with Crippen LogP contribution in [-0.4, -0.2) is 55.3 Å². The fourth-order valence-corrected chi connectivity index (χ4v) is 2.69. The second-order valence-electron chi connectivity index (χ2n) is 5.78. The molecule has 1 N–H and O–H groups in total. The topological polar surface area (TPSA) is 101 Å². The molecule has 0 radical (unpaired) electrons. The largest absolute Gasteiger partial charge is 0.354 e. The summed E-state index contributed by atoms with van der Waals surface area (Å²) in [5.41, 5.74) is 1.08. The summed E-state index contributed by atoms with van der Waals surface area (Å²) < 4.78 is 1.73. The van der Waals surface area contributed by atoms with Crippen molar-refractivity contribution in [3.8, 4) is 0 Å². The summed E-state index contributed by atoms with van der Waals surface area (Å²) >= 11 is 0. The number of aromatic nitrogens is 6. The van der Waals surface area contributed by atoms with E-state index in [2.05, 4.69) is 35.5 Å². The number of anilines is 1. The monoisotopic (exact) mass is 324 g/mol. The zero-order valence-electron chi connectivity index (χ0n) is 13.1. The minimum absolute atomic E-state index is 0.193. The molecule has 0 atom stereocenters. The van der Waals surface area contributed by atoms with Gasteiger partial charge in [-0.2, -0.15) is 4.52 Å². The maximum Gasteiger partial charge on any atom is 0.271 e. The summed E-state index contributed by atoms with van der Waals surface area (Å²) in [4.78, 5) is 22.0. The second kappa shape index (κ2) is 5.84. The van der Waals surface area contributed by atoms with Crippen molar-refractivity contribution in [2.45, 2.75) is 6.92 Å². The van der Waals surface area contributed by atoms with Crippen LogP contribution in [0.2, 0.25) is 0 Å². The molecule has 24 heavy (non-hydrogen) atoms. The molecular formula is C15H16N8O. The number of carbonyl (C=O) groups excluding carboxylic acids is 1. The molecule has 0 bridgehead atoms. The Morgan fingerprint density at radius 2 is 2.17 bits per heavy atom. The van der Waals surface area contributed by atoms with E-state index < -0.39 is 0 Å². The predicted molar refractivity (Wildman–Crippen MR) is 85.6 cm³/mol. The lowest BCUT2D eigenvalue weighted by Gasteiger charge is -2.40. The summed E-state index contributed by atoms with van der Waals surface area (Å²) in [6.07, 6.45) is 4.51. The van der Waals surface area contributed by atoms with Gasteiger partial charge in [0.15, 0.2) is 11.5 Å². The van der Waals surface area contributed by atoms with Crippen LogP contribution in [0, 0.1) is 12.8 Å². The lowest BCUT2D eigenvalue weighted by molar-refractivity contribution is 0.0939. The van der Waals surface area contributed by atoms with Gasteiger partial charge in [-0.15, -0.1) is 15.3 Å². The highest BCUT2D eigenvalue weighted by Crippen LogP contribution is 2.22. The molecule has 9 nitrogen and oxygen atoms in total. The molecule has 0 aliphatic carbocycles. The van der Waals surface area contributed by atoms with Gasteiger partial charge in [-0.1, -0.05) is 0 Å². The van der Waals surface area contributed by atoms with Gasteiger partial charge in [0.25, 0.3) is 5.91 Å². The third-order valence-corrected chi connectivity index (χ3v) is 4.03. The normalized spacial score (nSPS) is 14.6. The van der Waals surface area contributed by atoms with E-state index in [1.807, 2.05) is 19.1 Å². The van der Waals surface area contributed by atoms with Gasteiger partial charge in [0, 0.05) is 37.9 Å². The molecule has 3 aromatic heterocycles. The quantitative estimate of drug-likeness (QED) is 0.725. The van der Waals surface area contributed by atoms with Crippen molar-refractivity contribution in [3.05, 3.63) is 42.2 Å². The fraction of sp³-hybridized carbons (Fsp3) is 0.333. The Kier molecular flexibility index (Phi) is 3.52. The van der Waals surface area contributed by atoms with Crippen LogP contribution in [0.25, 0.3) is 5.65 Å². The zero-order valence-corrected chi connectivity index (χ0v) is 13.1. The Hall–Kier alpha value is -3.10. The van der Waals surface area contributed by atoms with Crippen LogP contribution in [-0.2, 0) is 0 Å². The van der Waals surface area contributed by atoms with E-state index in [0.717, 1.165) is 30.4 Å². The summed E-state index contributed by atoms with van der Waals surface area (Å²) in [5.74, 6) is 1.85. The minimum Gasteiger partial charge on any atom is -0.354 e. The summed E-state index contributed by atoms with van der Waals surface area (Å²) in [6.45, 7) is 4.18. The smallest absolute Gasteiger partial charge is 0.271 e. The van der Waals surface area contributed by atoms with Crippen LogP contribution in [0.15, 0.2) is 30.7 Å². The molecule has 1 amide bonds. The number of nitrogens with one attached hydrogen (secondary N) is 1. The maximum atomic E-state index is 11.9. The van der Waals surface area contributed by atoms with Crippen LogP contribution >= 0.6 is 0 Å². The highest BCUT2D eigenvalue weighted by Gasteiger charge is 2.28. The standard InChI is InChI=1S/C15H16N8O/c1-10-19-20-13-2-3-14(21-23(10)13)22-8-11(9-22)6-18-15(24)12-7-16-4-5-17-12/h2-5,7,11H,6,8-9H2,1H3,(H,18,24). The van der Waals surface area contributed by atoms with Crippen LogP contribution in [0.5, 0.6) is 0 Å². The lowest BCUT2D eigenvalue weighted by Crippen LogP contribution is -2.52. The van der Waals surface area contributed by atoms with Crippen molar-refractivity contribution in [1.82, 2.24) is 35.1 Å². The third-order valence-electron chi connectivity index (χ3n) is 4.03. The van der Waals surface area contributed by atoms with Gasteiger partial charge in [-0.3, -0.25) is 9.78 Å². The van der Waals surface area contributed by atoms with E-state index in [1.165, 1.54) is 12.4 Å². The van der Waals surface area contributed by atoms with Crippen LogP contribution in [0.1, 0.15) is 16.3 Å². The Balaban J connectivity index is 1.32. The number of fused-ring (bicyclic) bond motifs is 1. The number of amides is 1. The summed E-state index contributed by atoms with van der Waals surface area (Å²) in [6, 6.07) is 3.85. The van der Waals surface area contributed by atoms with Gasteiger partial charge in [-0.25, -0.2) is 4.98 Å². The van der Waals surface area contributed by atoms with E-state index in [1.54, 1.807) is 10.7 Å². The number of hydrogen-bond acceptors (Lipinski definition) is 7. The molecule has 1 aliphatic heterocycles. The van der Waals surface area contributed by atoms with Crippen molar-refractivity contribution in [2.75, 3.05) is 24.5 Å². The molecular weight excluding hydrogens is 308 g/mol. The third kappa shape index (κ3) is 2.64. The Labute approximate surface area is 137 Å². The molecule has 1 fully saturated rings. The van der Waals surface area contributed by atoms with E-state index >= 15 is 0 Å². The van der Waals surface area contributed by atoms with Crippen LogP contribution < -0.4 is 10.2 Å². The van der Waals surface area contributed by atoms with Gasteiger partial charge < -0.3 is 10.2 Å². The van der Waals surface area contributed by atoms with E-state index in [9.17, 15) is 4.79 Å². The zero-order chi connectivity index (χ0) is 16.5. The highest BCUT2D eigenvalue weighted by molar-refractivity contribution is 5.91. The first-order chi connectivity index (χ1) is 11.7. The average Bonchev–Trinajstić information content (AvgIpc) is 2.95. The van der Waals surface area contributed by atoms with Crippen molar-refractivity contribution < 1.29 is 4.79 Å². The molecule has 1 aliphatic rings. The van der Waals surface area contributed by atoms with E-state index in [-0.39, 0.29) is 5.91 Å². The van der Waals surface area contributed by atoms with Gasteiger partial charge in [0.1, 0.15) is 11.5 Å². The molecule has 0 aromatic carbocycles. The van der Waals surface area contributed by atoms with Gasteiger partial charge in [0.05, 0.1) is 6.20 Å². The number of carbonyl (C=O) groups is 1. The second-order valence-corrected chi connectivity index (χ2v) is 5.78. The number of nitrogens with zero attached hydrogens (tertiary/aromatic N) is 7. The minimum atomic E-state index is -0.193. The maximum absolute atomic E-state index is 11.9. The molecule has 4 heterocycles. The van der Waals surface area contributed by atoms with Gasteiger partial charge >= 0.3 is 0 Å². The molecule has 0 saturated carbocycles. The molecule has 0 spiro atoms. The fourth-order valence-electron chi connectivity index (χ4n) is 2.69. The molecule has 1 saturated heterocycles. The van der Waals surface area contributed by atoms with Gasteiger partial charge in [-0.05, 0) is 19.1 Å². The summed E-state index contributed by atoms with van der Waals surface area (Å²) in [7, 11) is 0. The van der Waals surface area contributed by atoms with Gasteiger partial charge in [0.2, 0.25) is 0 Å². The molecule has 0 unspecified atom stereocenters. The summed E-state index contributed by atoms with van der Waals surface area (Å²) in [5, 5.41) is 15.5. The highest BCUT2D eigenvalue weighted by atomic mass is 16.1. The molecule has 4 rings (SSSR count). The Morgan fingerprint density at radius 3 is 2.96 bits per heavy atom. The predicted octanol–water partition coefficient (Wildman–Crippen LogP) is 0.0889. The Bertz CT molecular complexity index is 872. The first kappa shape index (κ1) is 14.5. The van der Waals surface area contributed by atoms with E-state index in [4.69, 9.17) is 0 Å². The van der Waals surface area contributed by atoms with E-state index in [0.29, 0.717) is 18.2 Å². The van der Waals surface area contributed by atoms with Crippen molar-refractivity contribution in [3.63, 3.8) is 0 Å². The lowest BCUT2D eigenvalue weighted by atomic mass is 10.0. The SMILES string of the molecule is Cc1nnc2ccc(N3CC(CNC(=O)c4cnccn4)C3)nn12. The number of rotatable bonds is 4. The molecule has 3 aromatic rings. The first-order valence-electron chi connectivity index (χ1n) is 7.69. The number of hydrogen-bond donors (Lipinski definition) is 1. The van der Waals surface area contributed by atoms with Crippen molar-refractivity contribution >= 4 is 17.4 Å². The average molecular weight is 324 g/mol. The molecule has 9 heteroatoms. The number of aryl methyl sites for hydroxylation is 1. The van der Waals surface area contributed by atoms with Crippen LogP contribution in [0.3, 0.4) is 0 Å². The molecule has 122 valence electrons.